The third kappa shape index (κ3) is 4.51. The SMILES string of the molecule is Cc1cn2c(C(=O)NCCN(C)C)c(C)nc2c(OCc2c(F)cccc2F)n1. The molecule has 0 aliphatic carbocycles. The predicted molar refractivity (Wildman–Crippen MR) is 104 cm³/mol. The van der Waals surface area contributed by atoms with E-state index in [2.05, 4.69) is 15.3 Å². The van der Waals surface area contributed by atoms with Crippen molar-refractivity contribution in [1.82, 2.24) is 24.6 Å². The quantitative estimate of drug-likeness (QED) is 0.656. The van der Waals surface area contributed by atoms with E-state index in [1.54, 1.807) is 24.4 Å². The Bertz CT molecular complexity index is 1030. The van der Waals surface area contributed by atoms with Crippen molar-refractivity contribution >= 4 is 11.6 Å². The lowest BCUT2D eigenvalue weighted by atomic mass is 10.2. The fourth-order valence-corrected chi connectivity index (χ4v) is 2.91. The third-order valence-electron chi connectivity index (χ3n) is 4.35. The smallest absolute Gasteiger partial charge is 0.270 e. The maximum Gasteiger partial charge on any atom is 0.270 e. The summed E-state index contributed by atoms with van der Waals surface area (Å²) in [6.45, 7) is 4.28. The van der Waals surface area contributed by atoms with Gasteiger partial charge in [0.15, 0.2) is 0 Å². The molecule has 2 aromatic heterocycles. The number of aryl methyl sites for hydroxylation is 2. The van der Waals surface area contributed by atoms with Gasteiger partial charge in [0.25, 0.3) is 11.8 Å². The van der Waals surface area contributed by atoms with Crippen LogP contribution in [0.3, 0.4) is 0 Å². The van der Waals surface area contributed by atoms with Gasteiger partial charge < -0.3 is 15.0 Å². The van der Waals surface area contributed by atoms with Crippen LogP contribution in [-0.4, -0.2) is 52.4 Å². The number of carbonyl (C=O) groups excluding carboxylic acids is 1. The lowest BCUT2D eigenvalue weighted by Crippen LogP contribution is -2.32. The molecule has 0 atom stereocenters. The largest absolute Gasteiger partial charge is 0.470 e. The molecular formula is C20H23F2N5O2. The molecule has 9 heteroatoms. The van der Waals surface area contributed by atoms with Crippen LogP contribution < -0.4 is 10.1 Å². The summed E-state index contributed by atoms with van der Waals surface area (Å²) in [5, 5.41) is 2.86. The Balaban J connectivity index is 1.91. The third-order valence-corrected chi connectivity index (χ3v) is 4.35. The van der Waals surface area contributed by atoms with Gasteiger partial charge in [-0.1, -0.05) is 6.07 Å². The van der Waals surface area contributed by atoms with Crippen LogP contribution in [0.4, 0.5) is 8.78 Å². The fraction of sp³-hybridized carbons (Fsp3) is 0.350. The van der Waals surface area contributed by atoms with E-state index in [0.29, 0.717) is 35.8 Å². The molecule has 1 amide bonds. The van der Waals surface area contributed by atoms with Crippen LogP contribution in [0.1, 0.15) is 27.4 Å². The highest BCUT2D eigenvalue weighted by molar-refractivity contribution is 5.94. The Morgan fingerprint density at radius 2 is 1.90 bits per heavy atom. The summed E-state index contributed by atoms with van der Waals surface area (Å²) >= 11 is 0. The first kappa shape index (κ1) is 20.7. The first-order valence-electron chi connectivity index (χ1n) is 9.13. The van der Waals surface area contributed by atoms with E-state index < -0.39 is 11.6 Å². The van der Waals surface area contributed by atoms with Crippen molar-refractivity contribution in [3.63, 3.8) is 0 Å². The number of nitrogens with zero attached hydrogens (tertiary/aromatic N) is 4. The first-order valence-corrected chi connectivity index (χ1v) is 9.13. The summed E-state index contributed by atoms with van der Waals surface area (Å²) < 4.78 is 34.9. The molecule has 29 heavy (non-hydrogen) atoms. The first-order chi connectivity index (χ1) is 13.8. The topological polar surface area (TPSA) is 71.8 Å². The number of hydrogen-bond donors (Lipinski definition) is 1. The number of rotatable bonds is 7. The van der Waals surface area contributed by atoms with E-state index >= 15 is 0 Å². The van der Waals surface area contributed by atoms with E-state index in [0.717, 1.165) is 12.1 Å². The number of benzene rings is 1. The second kappa shape index (κ2) is 8.52. The van der Waals surface area contributed by atoms with Gasteiger partial charge in [0, 0.05) is 19.3 Å². The van der Waals surface area contributed by atoms with Crippen LogP contribution in [0.5, 0.6) is 5.88 Å². The van der Waals surface area contributed by atoms with Crippen molar-refractivity contribution in [3.05, 3.63) is 58.7 Å². The molecule has 154 valence electrons. The fourth-order valence-electron chi connectivity index (χ4n) is 2.91. The molecule has 0 fully saturated rings. The Labute approximate surface area is 167 Å². The Kier molecular flexibility index (Phi) is 6.07. The highest BCUT2D eigenvalue weighted by Crippen LogP contribution is 2.23. The summed E-state index contributed by atoms with van der Waals surface area (Å²) in [5.41, 5.74) is 1.55. The van der Waals surface area contributed by atoms with Gasteiger partial charge in [0.1, 0.15) is 23.9 Å². The highest BCUT2D eigenvalue weighted by atomic mass is 19.1. The number of hydrogen-bond acceptors (Lipinski definition) is 5. The average Bonchev–Trinajstić information content (AvgIpc) is 2.96. The Morgan fingerprint density at radius 1 is 1.21 bits per heavy atom. The lowest BCUT2D eigenvalue weighted by Gasteiger charge is -2.11. The van der Waals surface area contributed by atoms with Gasteiger partial charge in [-0.25, -0.2) is 18.7 Å². The molecule has 0 aliphatic rings. The van der Waals surface area contributed by atoms with Crippen molar-refractivity contribution in [2.24, 2.45) is 0 Å². The Hall–Kier alpha value is -3.07. The number of imidazole rings is 1. The summed E-state index contributed by atoms with van der Waals surface area (Å²) in [7, 11) is 3.84. The molecule has 1 N–H and O–H groups in total. The average molecular weight is 403 g/mol. The number of carbonyl (C=O) groups is 1. The van der Waals surface area contributed by atoms with Crippen LogP contribution in [0, 0.1) is 25.5 Å². The zero-order chi connectivity index (χ0) is 21.1. The van der Waals surface area contributed by atoms with Gasteiger partial charge in [-0.05, 0) is 40.1 Å². The normalized spacial score (nSPS) is 11.3. The van der Waals surface area contributed by atoms with Crippen molar-refractivity contribution in [2.45, 2.75) is 20.5 Å². The van der Waals surface area contributed by atoms with Gasteiger partial charge in [-0.2, -0.15) is 0 Å². The highest BCUT2D eigenvalue weighted by Gasteiger charge is 2.21. The van der Waals surface area contributed by atoms with Gasteiger partial charge in [0.2, 0.25) is 5.65 Å². The number of likely N-dealkylation sites (N-methyl/N-ethyl adjacent to an activating group) is 1. The van der Waals surface area contributed by atoms with Gasteiger partial charge in [-0.3, -0.25) is 9.20 Å². The Morgan fingerprint density at radius 3 is 2.55 bits per heavy atom. The van der Waals surface area contributed by atoms with Crippen LogP contribution >= 0.6 is 0 Å². The molecule has 0 saturated heterocycles. The molecule has 2 heterocycles. The molecule has 3 rings (SSSR count). The monoisotopic (exact) mass is 403 g/mol. The number of nitrogens with one attached hydrogen (secondary N) is 1. The lowest BCUT2D eigenvalue weighted by molar-refractivity contribution is 0.0944. The van der Waals surface area contributed by atoms with Crippen molar-refractivity contribution < 1.29 is 18.3 Å². The molecule has 3 aromatic rings. The number of aromatic nitrogens is 3. The van der Waals surface area contributed by atoms with Gasteiger partial charge in [-0.15, -0.1) is 0 Å². The number of amides is 1. The maximum absolute atomic E-state index is 13.9. The van der Waals surface area contributed by atoms with E-state index in [4.69, 9.17) is 4.74 Å². The van der Waals surface area contributed by atoms with Crippen molar-refractivity contribution in [1.29, 1.82) is 0 Å². The second-order valence-corrected chi connectivity index (χ2v) is 6.97. The van der Waals surface area contributed by atoms with Gasteiger partial charge in [0.05, 0.1) is 17.0 Å². The van der Waals surface area contributed by atoms with Crippen molar-refractivity contribution in [3.8, 4) is 5.88 Å². The van der Waals surface area contributed by atoms with Crippen LogP contribution in [0.15, 0.2) is 24.4 Å². The van der Waals surface area contributed by atoms with Crippen molar-refractivity contribution in [2.75, 3.05) is 27.2 Å². The summed E-state index contributed by atoms with van der Waals surface area (Å²) in [5.74, 6) is -1.57. The summed E-state index contributed by atoms with van der Waals surface area (Å²) in [6.07, 6.45) is 1.67. The molecule has 0 bridgehead atoms. The molecule has 0 aliphatic heterocycles. The molecule has 7 nitrogen and oxygen atoms in total. The van der Waals surface area contributed by atoms with Crippen LogP contribution in [-0.2, 0) is 6.61 Å². The molecule has 0 unspecified atom stereocenters. The standard InChI is InChI=1S/C20H23F2N5O2/c1-12-10-27-17(19(28)23-8-9-26(3)4)13(2)25-18(27)20(24-12)29-11-14-15(21)6-5-7-16(14)22/h5-7,10H,8-9,11H2,1-4H3,(H,23,28). The maximum atomic E-state index is 13.9. The molecule has 0 saturated carbocycles. The number of halogens is 2. The van der Waals surface area contributed by atoms with E-state index in [-0.39, 0.29) is 24.0 Å². The van der Waals surface area contributed by atoms with Gasteiger partial charge >= 0.3 is 0 Å². The predicted octanol–water partition coefficient (Wildman–Crippen LogP) is 2.49. The van der Waals surface area contributed by atoms with Crippen LogP contribution in [0.2, 0.25) is 0 Å². The molecule has 0 spiro atoms. The van der Waals surface area contributed by atoms with E-state index in [1.165, 1.54) is 6.07 Å². The number of fused-ring (bicyclic) bond motifs is 1. The zero-order valence-electron chi connectivity index (χ0n) is 16.8. The summed E-state index contributed by atoms with van der Waals surface area (Å²) in [6, 6.07) is 3.62. The summed E-state index contributed by atoms with van der Waals surface area (Å²) in [4.78, 5) is 23.3. The molecule has 0 radical (unpaired) electrons. The second-order valence-electron chi connectivity index (χ2n) is 6.97. The zero-order valence-corrected chi connectivity index (χ0v) is 16.8. The van der Waals surface area contributed by atoms with Crippen LogP contribution in [0.25, 0.3) is 5.65 Å². The van der Waals surface area contributed by atoms with E-state index in [1.807, 2.05) is 19.0 Å². The number of ether oxygens (including phenoxy) is 1. The van der Waals surface area contributed by atoms with E-state index in [9.17, 15) is 13.6 Å². The molecular weight excluding hydrogens is 380 g/mol. The molecule has 1 aromatic carbocycles. The minimum Gasteiger partial charge on any atom is -0.470 e. The minimum absolute atomic E-state index is 0.100. The minimum atomic E-state index is -0.700.